The fourth-order valence-electron chi connectivity index (χ4n) is 2.15. The second kappa shape index (κ2) is 5.54. The fourth-order valence-corrected chi connectivity index (χ4v) is 2.53. The van der Waals surface area contributed by atoms with Crippen molar-refractivity contribution in [2.45, 2.75) is 32.2 Å². The standard InChI is InChI=1S/C13H17BrN2O/c1-10-6-4-5-9-16(10)13(17)15-12-8-3-2-7-11(12)14/h2-3,7-8,10H,4-6,9H2,1H3,(H,15,17)/t10-/m0/s1. The first-order valence-electron chi connectivity index (χ1n) is 6.00. The summed E-state index contributed by atoms with van der Waals surface area (Å²) in [4.78, 5) is 14.0. The summed E-state index contributed by atoms with van der Waals surface area (Å²) in [5.41, 5.74) is 0.829. The predicted molar refractivity (Wildman–Crippen MR) is 73.2 cm³/mol. The van der Waals surface area contributed by atoms with E-state index >= 15 is 0 Å². The number of urea groups is 1. The molecule has 2 rings (SSSR count). The van der Waals surface area contributed by atoms with Crippen LogP contribution in [-0.4, -0.2) is 23.5 Å². The number of carbonyl (C=O) groups is 1. The van der Waals surface area contributed by atoms with Gasteiger partial charge in [-0.25, -0.2) is 4.79 Å². The van der Waals surface area contributed by atoms with E-state index < -0.39 is 0 Å². The highest BCUT2D eigenvalue weighted by Gasteiger charge is 2.23. The van der Waals surface area contributed by atoms with Gasteiger partial charge >= 0.3 is 6.03 Å². The number of nitrogens with zero attached hydrogens (tertiary/aromatic N) is 1. The largest absolute Gasteiger partial charge is 0.322 e. The van der Waals surface area contributed by atoms with Crippen LogP contribution >= 0.6 is 15.9 Å². The molecule has 2 amide bonds. The Kier molecular flexibility index (Phi) is 4.05. The molecule has 92 valence electrons. The number of hydrogen-bond acceptors (Lipinski definition) is 1. The maximum atomic E-state index is 12.1. The predicted octanol–water partition coefficient (Wildman–Crippen LogP) is 3.86. The van der Waals surface area contributed by atoms with Crippen molar-refractivity contribution in [1.82, 2.24) is 4.90 Å². The smallest absolute Gasteiger partial charge is 0.322 e. The number of amides is 2. The molecule has 0 aliphatic carbocycles. The Morgan fingerprint density at radius 2 is 2.18 bits per heavy atom. The molecule has 4 heteroatoms. The van der Waals surface area contributed by atoms with Gasteiger partial charge in [0.15, 0.2) is 0 Å². The van der Waals surface area contributed by atoms with Crippen molar-refractivity contribution in [3.8, 4) is 0 Å². The van der Waals surface area contributed by atoms with Crippen LogP contribution in [0.2, 0.25) is 0 Å². The lowest BCUT2D eigenvalue weighted by Gasteiger charge is -2.33. The number of halogens is 1. The molecule has 0 aromatic heterocycles. The van der Waals surface area contributed by atoms with Crippen molar-refractivity contribution in [3.63, 3.8) is 0 Å². The molecule has 1 saturated heterocycles. The number of para-hydroxylation sites is 1. The van der Waals surface area contributed by atoms with Gasteiger partial charge in [-0.3, -0.25) is 0 Å². The fraction of sp³-hybridized carbons (Fsp3) is 0.462. The highest BCUT2D eigenvalue weighted by atomic mass is 79.9. The topological polar surface area (TPSA) is 32.3 Å². The summed E-state index contributed by atoms with van der Waals surface area (Å²) in [5, 5.41) is 2.95. The van der Waals surface area contributed by atoms with E-state index in [0.29, 0.717) is 6.04 Å². The monoisotopic (exact) mass is 296 g/mol. The number of piperidine rings is 1. The highest BCUT2D eigenvalue weighted by molar-refractivity contribution is 9.10. The SMILES string of the molecule is C[C@H]1CCCCN1C(=O)Nc1ccccc1Br. The molecule has 1 aromatic carbocycles. The molecule has 1 atom stereocenters. The zero-order valence-corrected chi connectivity index (χ0v) is 11.5. The van der Waals surface area contributed by atoms with E-state index in [0.717, 1.165) is 29.5 Å². The number of likely N-dealkylation sites (tertiary alicyclic amines) is 1. The Hall–Kier alpha value is -1.03. The van der Waals surface area contributed by atoms with E-state index in [1.54, 1.807) is 0 Å². The summed E-state index contributed by atoms with van der Waals surface area (Å²) in [5.74, 6) is 0. The quantitative estimate of drug-likeness (QED) is 0.839. The molecular formula is C13H17BrN2O. The van der Waals surface area contributed by atoms with Crippen LogP contribution in [0.15, 0.2) is 28.7 Å². The molecule has 17 heavy (non-hydrogen) atoms. The molecule has 1 N–H and O–H groups in total. The van der Waals surface area contributed by atoms with Crippen molar-refractivity contribution in [1.29, 1.82) is 0 Å². The molecule has 1 aliphatic rings. The molecule has 0 bridgehead atoms. The summed E-state index contributed by atoms with van der Waals surface area (Å²) in [6.07, 6.45) is 3.43. The summed E-state index contributed by atoms with van der Waals surface area (Å²) < 4.78 is 0.915. The average molecular weight is 297 g/mol. The average Bonchev–Trinajstić information content (AvgIpc) is 2.32. The van der Waals surface area contributed by atoms with Gasteiger partial charge in [-0.2, -0.15) is 0 Å². The number of anilines is 1. The highest BCUT2D eigenvalue weighted by Crippen LogP contribution is 2.23. The number of rotatable bonds is 1. The van der Waals surface area contributed by atoms with E-state index in [1.807, 2.05) is 29.2 Å². The van der Waals surface area contributed by atoms with E-state index in [9.17, 15) is 4.79 Å². The zero-order chi connectivity index (χ0) is 12.3. The lowest BCUT2D eigenvalue weighted by Crippen LogP contribution is -2.44. The third-order valence-corrected chi connectivity index (χ3v) is 3.87. The summed E-state index contributed by atoms with van der Waals surface area (Å²) >= 11 is 3.43. The summed E-state index contributed by atoms with van der Waals surface area (Å²) in [6, 6.07) is 8.02. The van der Waals surface area contributed by atoms with Crippen LogP contribution in [0.25, 0.3) is 0 Å². The number of benzene rings is 1. The van der Waals surface area contributed by atoms with E-state index in [2.05, 4.69) is 28.2 Å². The van der Waals surface area contributed by atoms with E-state index in [4.69, 9.17) is 0 Å². The van der Waals surface area contributed by atoms with Gasteiger partial charge in [0, 0.05) is 17.1 Å². The second-order valence-electron chi connectivity index (χ2n) is 4.45. The van der Waals surface area contributed by atoms with E-state index in [1.165, 1.54) is 6.42 Å². The Labute approximate surface area is 110 Å². The first kappa shape index (κ1) is 12.4. The van der Waals surface area contributed by atoms with Crippen LogP contribution in [-0.2, 0) is 0 Å². The summed E-state index contributed by atoms with van der Waals surface area (Å²) in [7, 11) is 0. The molecule has 0 spiro atoms. The molecule has 1 aliphatic heterocycles. The Balaban J connectivity index is 2.03. The van der Waals surface area contributed by atoms with Gasteiger partial charge < -0.3 is 10.2 Å². The minimum atomic E-state index is 0.00380. The van der Waals surface area contributed by atoms with Crippen molar-refractivity contribution in [2.75, 3.05) is 11.9 Å². The first-order chi connectivity index (χ1) is 8.18. The maximum Gasteiger partial charge on any atom is 0.322 e. The number of hydrogen-bond donors (Lipinski definition) is 1. The Morgan fingerprint density at radius 3 is 2.88 bits per heavy atom. The maximum absolute atomic E-state index is 12.1. The summed E-state index contributed by atoms with van der Waals surface area (Å²) in [6.45, 7) is 2.97. The molecule has 0 saturated carbocycles. The first-order valence-corrected chi connectivity index (χ1v) is 6.80. The molecule has 0 radical (unpaired) electrons. The lowest BCUT2D eigenvalue weighted by atomic mass is 10.0. The third-order valence-electron chi connectivity index (χ3n) is 3.18. The number of carbonyl (C=O) groups excluding carboxylic acids is 1. The van der Waals surface area contributed by atoms with Gasteiger partial charge in [0.25, 0.3) is 0 Å². The second-order valence-corrected chi connectivity index (χ2v) is 5.30. The van der Waals surface area contributed by atoms with Crippen molar-refractivity contribution in [3.05, 3.63) is 28.7 Å². The third kappa shape index (κ3) is 3.00. The number of nitrogens with one attached hydrogen (secondary N) is 1. The molecular weight excluding hydrogens is 280 g/mol. The van der Waals surface area contributed by atoms with Gasteiger partial charge in [0.1, 0.15) is 0 Å². The van der Waals surface area contributed by atoms with Crippen molar-refractivity contribution < 1.29 is 4.79 Å². The molecule has 0 unspecified atom stereocenters. The minimum absolute atomic E-state index is 0.00380. The van der Waals surface area contributed by atoms with Gasteiger partial charge in [0.2, 0.25) is 0 Å². The van der Waals surface area contributed by atoms with Crippen LogP contribution in [0.5, 0.6) is 0 Å². The minimum Gasteiger partial charge on any atom is -0.322 e. The van der Waals surface area contributed by atoms with Crippen LogP contribution in [0.4, 0.5) is 10.5 Å². The molecule has 1 fully saturated rings. The van der Waals surface area contributed by atoms with Crippen LogP contribution in [0.1, 0.15) is 26.2 Å². The molecule has 3 nitrogen and oxygen atoms in total. The van der Waals surface area contributed by atoms with Gasteiger partial charge in [0.05, 0.1) is 5.69 Å². The normalized spacial score (nSPS) is 20.1. The van der Waals surface area contributed by atoms with Gasteiger partial charge in [-0.05, 0) is 54.2 Å². The van der Waals surface area contributed by atoms with Crippen molar-refractivity contribution >= 4 is 27.6 Å². The van der Waals surface area contributed by atoms with Crippen LogP contribution in [0, 0.1) is 0 Å². The molecule has 1 aromatic rings. The Bertz CT molecular complexity index is 408. The van der Waals surface area contributed by atoms with Gasteiger partial charge in [-0.15, -0.1) is 0 Å². The van der Waals surface area contributed by atoms with Gasteiger partial charge in [-0.1, -0.05) is 12.1 Å². The van der Waals surface area contributed by atoms with E-state index in [-0.39, 0.29) is 6.03 Å². The lowest BCUT2D eigenvalue weighted by molar-refractivity contribution is 0.170. The van der Waals surface area contributed by atoms with Crippen molar-refractivity contribution in [2.24, 2.45) is 0 Å². The Morgan fingerprint density at radius 1 is 1.41 bits per heavy atom. The zero-order valence-electron chi connectivity index (χ0n) is 9.95. The van der Waals surface area contributed by atoms with Crippen LogP contribution in [0.3, 0.4) is 0 Å². The van der Waals surface area contributed by atoms with Crippen LogP contribution < -0.4 is 5.32 Å². The molecule has 1 heterocycles.